The fourth-order valence-corrected chi connectivity index (χ4v) is 1.54. The zero-order valence-corrected chi connectivity index (χ0v) is 9.43. The van der Waals surface area contributed by atoms with E-state index >= 15 is 0 Å². The summed E-state index contributed by atoms with van der Waals surface area (Å²) in [6, 6.07) is 4.56. The monoisotopic (exact) mass is 233 g/mol. The number of rotatable bonds is 3. The molecule has 0 radical (unpaired) electrons. The fraction of sp³-hybridized carbons (Fsp3) is 0.182. The fourth-order valence-electron chi connectivity index (χ4n) is 1.54. The first-order chi connectivity index (χ1) is 8.11. The number of nitro groups is 1. The summed E-state index contributed by atoms with van der Waals surface area (Å²) in [5, 5.41) is 10.9. The lowest BCUT2D eigenvalue weighted by atomic mass is 10.1. The number of nitrogens with zero attached hydrogens (tertiary/aromatic N) is 2. The molecular formula is C11H11N3O3. The molecule has 6 nitrogen and oxygen atoms in total. The summed E-state index contributed by atoms with van der Waals surface area (Å²) in [6.07, 6.45) is 1.62. The predicted octanol–water partition coefficient (Wildman–Crippen LogP) is 2.30. The van der Waals surface area contributed by atoms with Crippen LogP contribution in [0.25, 0.3) is 11.4 Å². The van der Waals surface area contributed by atoms with E-state index in [-0.39, 0.29) is 5.69 Å². The molecule has 0 aliphatic rings. The van der Waals surface area contributed by atoms with Crippen molar-refractivity contribution in [3.05, 3.63) is 40.2 Å². The van der Waals surface area contributed by atoms with Crippen LogP contribution in [0.15, 0.2) is 24.4 Å². The van der Waals surface area contributed by atoms with Crippen LogP contribution in [0.1, 0.15) is 5.69 Å². The van der Waals surface area contributed by atoms with Crippen molar-refractivity contribution in [1.82, 2.24) is 9.97 Å². The lowest BCUT2D eigenvalue weighted by Crippen LogP contribution is -1.94. The van der Waals surface area contributed by atoms with Gasteiger partial charge in [-0.15, -0.1) is 0 Å². The number of ether oxygens (including phenoxy) is 1. The van der Waals surface area contributed by atoms with Crippen LogP contribution < -0.4 is 4.74 Å². The predicted molar refractivity (Wildman–Crippen MR) is 62.0 cm³/mol. The molecule has 1 aromatic carbocycles. The Morgan fingerprint density at radius 1 is 1.47 bits per heavy atom. The zero-order chi connectivity index (χ0) is 12.4. The summed E-state index contributed by atoms with van der Waals surface area (Å²) in [5.41, 5.74) is 1.26. The molecule has 0 aliphatic carbocycles. The summed E-state index contributed by atoms with van der Waals surface area (Å²) in [5.74, 6) is 1.02. The van der Waals surface area contributed by atoms with Gasteiger partial charge in [-0.3, -0.25) is 10.1 Å². The number of aryl methyl sites for hydroxylation is 1. The van der Waals surface area contributed by atoms with Crippen molar-refractivity contribution in [2.75, 3.05) is 7.11 Å². The molecule has 0 atom stereocenters. The minimum atomic E-state index is -0.438. The molecule has 0 aliphatic heterocycles. The van der Waals surface area contributed by atoms with Gasteiger partial charge in [0, 0.05) is 18.0 Å². The van der Waals surface area contributed by atoms with E-state index in [1.807, 2.05) is 6.92 Å². The summed E-state index contributed by atoms with van der Waals surface area (Å²) < 4.78 is 5.05. The highest BCUT2D eigenvalue weighted by Gasteiger charge is 2.18. The molecule has 2 aromatic rings. The second-order valence-electron chi connectivity index (χ2n) is 3.56. The third kappa shape index (κ3) is 2.10. The van der Waals surface area contributed by atoms with E-state index in [1.165, 1.54) is 13.2 Å². The molecule has 2 rings (SSSR count). The Bertz CT molecular complexity index is 563. The second-order valence-corrected chi connectivity index (χ2v) is 3.56. The standard InChI is InChI=1S/C11H11N3O3/c1-7-6-12-11(13-7)9-5-8(17-2)3-4-10(9)14(15)16/h3-6H,1-2H3,(H,12,13). The molecule has 0 amide bonds. The first-order valence-corrected chi connectivity index (χ1v) is 4.96. The number of nitrogens with one attached hydrogen (secondary N) is 1. The van der Waals surface area contributed by atoms with Gasteiger partial charge in [0.2, 0.25) is 0 Å². The van der Waals surface area contributed by atoms with Gasteiger partial charge in [-0.25, -0.2) is 4.98 Å². The highest BCUT2D eigenvalue weighted by molar-refractivity contribution is 5.70. The average molecular weight is 233 g/mol. The van der Waals surface area contributed by atoms with Gasteiger partial charge < -0.3 is 9.72 Å². The summed E-state index contributed by atoms with van der Waals surface area (Å²) in [7, 11) is 1.51. The molecule has 17 heavy (non-hydrogen) atoms. The summed E-state index contributed by atoms with van der Waals surface area (Å²) >= 11 is 0. The van der Waals surface area contributed by atoms with Crippen LogP contribution in [-0.2, 0) is 0 Å². The van der Waals surface area contributed by atoms with Gasteiger partial charge in [-0.2, -0.15) is 0 Å². The molecule has 1 heterocycles. The third-order valence-electron chi connectivity index (χ3n) is 2.36. The van der Waals surface area contributed by atoms with Gasteiger partial charge in [0.05, 0.1) is 17.6 Å². The van der Waals surface area contributed by atoms with E-state index in [9.17, 15) is 10.1 Å². The minimum Gasteiger partial charge on any atom is -0.497 e. The van der Waals surface area contributed by atoms with Crippen LogP contribution in [0.4, 0.5) is 5.69 Å². The Hall–Kier alpha value is -2.37. The Morgan fingerprint density at radius 2 is 2.24 bits per heavy atom. The van der Waals surface area contributed by atoms with E-state index in [2.05, 4.69) is 9.97 Å². The molecule has 6 heteroatoms. The minimum absolute atomic E-state index is 0.000139. The van der Waals surface area contributed by atoms with Crippen LogP contribution in [0.2, 0.25) is 0 Å². The highest BCUT2D eigenvalue weighted by Crippen LogP contribution is 2.31. The molecule has 0 fully saturated rings. The molecule has 1 aromatic heterocycles. The van der Waals surface area contributed by atoms with Crippen molar-refractivity contribution < 1.29 is 9.66 Å². The van der Waals surface area contributed by atoms with Crippen LogP contribution in [-0.4, -0.2) is 22.0 Å². The molecule has 0 spiro atoms. The SMILES string of the molecule is COc1ccc([N+](=O)[O-])c(-c2ncc(C)[nH]2)c1. The smallest absolute Gasteiger partial charge is 0.280 e. The van der Waals surface area contributed by atoms with E-state index < -0.39 is 4.92 Å². The maximum absolute atomic E-state index is 10.9. The van der Waals surface area contributed by atoms with Gasteiger partial charge >= 0.3 is 0 Å². The summed E-state index contributed by atoms with van der Waals surface area (Å²) in [6.45, 7) is 1.84. The number of nitro benzene ring substituents is 1. The number of benzene rings is 1. The van der Waals surface area contributed by atoms with Gasteiger partial charge in [0.15, 0.2) is 0 Å². The first-order valence-electron chi connectivity index (χ1n) is 4.96. The largest absolute Gasteiger partial charge is 0.497 e. The van der Waals surface area contributed by atoms with Gasteiger partial charge in [0.1, 0.15) is 11.6 Å². The van der Waals surface area contributed by atoms with Crippen LogP contribution in [0.5, 0.6) is 5.75 Å². The van der Waals surface area contributed by atoms with E-state index in [4.69, 9.17) is 4.74 Å². The van der Waals surface area contributed by atoms with Gasteiger partial charge in [-0.05, 0) is 19.1 Å². The molecule has 88 valence electrons. The number of aromatic nitrogens is 2. The average Bonchev–Trinajstić information content (AvgIpc) is 2.75. The molecule has 0 unspecified atom stereocenters. The van der Waals surface area contributed by atoms with Crippen molar-refractivity contribution in [2.24, 2.45) is 0 Å². The first kappa shape index (κ1) is 11.1. The lowest BCUT2D eigenvalue weighted by molar-refractivity contribution is -0.384. The Morgan fingerprint density at radius 3 is 2.76 bits per heavy atom. The maximum atomic E-state index is 10.9. The van der Waals surface area contributed by atoms with Crippen LogP contribution >= 0.6 is 0 Å². The zero-order valence-electron chi connectivity index (χ0n) is 9.43. The molecule has 0 saturated heterocycles. The van der Waals surface area contributed by atoms with Crippen molar-refractivity contribution in [2.45, 2.75) is 6.92 Å². The highest BCUT2D eigenvalue weighted by atomic mass is 16.6. The van der Waals surface area contributed by atoms with Crippen molar-refractivity contribution in [3.8, 4) is 17.1 Å². The number of hydrogen-bond acceptors (Lipinski definition) is 4. The molecular weight excluding hydrogens is 222 g/mol. The number of aromatic amines is 1. The number of H-pyrrole nitrogens is 1. The Balaban J connectivity index is 2.60. The van der Waals surface area contributed by atoms with Crippen molar-refractivity contribution in [1.29, 1.82) is 0 Å². The van der Waals surface area contributed by atoms with Gasteiger partial charge in [-0.1, -0.05) is 0 Å². The molecule has 1 N–H and O–H groups in total. The van der Waals surface area contributed by atoms with E-state index in [0.717, 1.165) is 5.69 Å². The number of imidazole rings is 1. The topological polar surface area (TPSA) is 81.1 Å². The lowest BCUT2D eigenvalue weighted by Gasteiger charge is -2.03. The Labute approximate surface area is 97.4 Å². The van der Waals surface area contributed by atoms with Crippen molar-refractivity contribution >= 4 is 5.69 Å². The van der Waals surface area contributed by atoms with Crippen LogP contribution in [0.3, 0.4) is 0 Å². The quantitative estimate of drug-likeness (QED) is 0.651. The third-order valence-corrected chi connectivity index (χ3v) is 2.36. The molecule has 0 bridgehead atoms. The van der Waals surface area contributed by atoms with E-state index in [1.54, 1.807) is 18.3 Å². The summed E-state index contributed by atoms with van der Waals surface area (Å²) in [4.78, 5) is 17.5. The van der Waals surface area contributed by atoms with E-state index in [0.29, 0.717) is 17.1 Å². The van der Waals surface area contributed by atoms with Crippen LogP contribution in [0, 0.1) is 17.0 Å². The Kier molecular flexibility index (Phi) is 2.78. The number of methoxy groups -OCH3 is 1. The van der Waals surface area contributed by atoms with Gasteiger partial charge in [0.25, 0.3) is 5.69 Å². The molecule has 0 saturated carbocycles. The van der Waals surface area contributed by atoms with Crippen molar-refractivity contribution in [3.63, 3.8) is 0 Å². The normalized spacial score (nSPS) is 10.2. The second kappa shape index (κ2) is 4.25. The number of hydrogen-bond donors (Lipinski definition) is 1. The maximum Gasteiger partial charge on any atom is 0.280 e.